The normalized spacial score (nSPS) is 10.7. The summed E-state index contributed by atoms with van der Waals surface area (Å²) in [5, 5.41) is 3.58. The lowest BCUT2D eigenvalue weighted by molar-refractivity contribution is -0.123. The third kappa shape index (κ3) is 4.24. The Morgan fingerprint density at radius 1 is 1.23 bits per heavy atom. The van der Waals surface area contributed by atoms with E-state index in [4.69, 9.17) is 9.15 Å². The van der Waals surface area contributed by atoms with Crippen LogP contribution in [0.25, 0.3) is 11.0 Å². The third-order valence-corrected chi connectivity index (χ3v) is 3.85. The van der Waals surface area contributed by atoms with Gasteiger partial charge >= 0.3 is 5.63 Å². The predicted molar refractivity (Wildman–Crippen MR) is 96.0 cm³/mol. The molecule has 0 aliphatic rings. The molecule has 7 heteroatoms. The monoisotopic (exact) mass is 353 g/mol. The Morgan fingerprint density at radius 2 is 2.08 bits per heavy atom. The molecule has 0 aliphatic carbocycles. The van der Waals surface area contributed by atoms with Crippen molar-refractivity contribution >= 4 is 16.9 Å². The van der Waals surface area contributed by atoms with E-state index in [1.165, 1.54) is 6.07 Å². The zero-order valence-electron chi connectivity index (χ0n) is 14.6. The van der Waals surface area contributed by atoms with Gasteiger partial charge in [-0.1, -0.05) is 6.92 Å². The molecule has 1 aromatic carbocycles. The van der Waals surface area contributed by atoms with E-state index in [2.05, 4.69) is 15.3 Å². The Bertz CT molecular complexity index is 980. The summed E-state index contributed by atoms with van der Waals surface area (Å²) in [5.41, 5.74) is 2.45. The van der Waals surface area contributed by atoms with Crippen LogP contribution in [0.4, 0.5) is 0 Å². The number of nitrogens with one attached hydrogen (secondary N) is 1. The van der Waals surface area contributed by atoms with E-state index in [1.807, 2.05) is 19.9 Å². The average Bonchev–Trinajstić information content (AvgIpc) is 2.64. The van der Waals surface area contributed by atoms with Gasteiger partial charge in [0, 0.05) is 23.7 Å². The first-order valence-corrected chi connectivity index (χ1v) is 8.29. The molecular formula is C19H19N3O4. The Hall–Kier alpha value is -3.22. The molecule has 0 unspecified atom stereocenters. The molecule has 2 aromatic heterocycles. The Balaban J connectivity index is 1.61. The molecule has 7 nitrogen and oxygen atoms in total. The van der Waals surface area contributed by atoms with Crippen molar-refractivity contribution in [2.45, 2.75) is 26.8 Å². The van der Waals surface area contributed by atoms with Crippen molar-refractivity contribution in [3.8, 4) is 5.75 Å². The zero-order chi connectivity index (χ0) is 18.5. The van der Waals surface area contributed by atoms with Crippen LogP contribution in [0.1, 0.15) is 23.9 Å². The van der Waals surface area contributed by atoms with E-state index in [0.29, 0.717) is 17.0 Å². The number of carbonyl (C=O) groups is 1. The van der Waals surface area contributed by atoms with Crippen molar-refractivity contribution < 1.29 is 13.9 Å². The van der Waals surface area contributed by atoms with Gasteiger partial charge in [-0.25, -0.2) is 4.79 Å². The molecule has 0 spiro atoms. The largest absolute Gasteiger partial charge is 0.484 e. The first-order chi connectivity index (χ1) is 12.5. The van der Waals surface area contributed by atoms with Crippen molar-refractivity contribution in [2.24, 2.45) is 0 Å². The first-order valence-electron chi connectivity index (χ1n) is 8.29. The molecule has 26 heavy (non-hydrogen) atoms. The van der Waals surface area contributed by atoms with E-state index < -0.39 is 5.63 Å². The molecule has 0 saturated heterocycles. The standard InChI is InChI=1S/C19H19N3O4/c1-3-13-6-19(24)26-17-7-15(4-5-16(13)17)25-11-18(23)22-10-14-9-20-12(2)8-21-14/h4-9H,3,10-11H2,1-2H3,(H,22,23). The fourth-order valence-corrected chi connectivity index (χ4v) is 2.49. The number of benzene rings is 1. The highest BCUT2D eigenvalue weighted by atomic mass is 16.5. The SMILES string of the molecule is CCc1cc(=O)oc2cc(OCC(=O)NCc3cnc(C)cn3)ccc12. The van der Waals surface area contributed by atoms with Crippen LogP contribution in [-0.4, -0.2) is 22.5 Å². The molecule has 0 bridgehead atoms. The number of rotatable bonds is 6. The predicted octanol–water partition coefficient (Wildman–Crippen LogP) is 2.15. The minimum atomic E-state index is -0.400. The maximum absolute atomic E-state index is 11.9. The van der Waals surface area contributed by atoms with Gasteiger partial charge in [-0.3, -0.25) is 14.8 Å². The van der Waals surface area contributed by atoms with Crippen LogP contribution in [0.15, 0.2) is 45.9 Å². The third-order valence-electron chi connectivity index (χ3n) is 3.85. The number of aryl methyl sites for hydroxylation is 2. The molecule has 1 N–H and O–H groups in total. The minimum Gasteiger partial charge on any atom is -0.484 e. The highest BCUT2D eigenvalue weighted by Crippen LogP contribution is 2.22. The molecule has 0 aliphatic heterocycles. The number of nitrogens with zero attached hydrogens (tertiary/aromatic N) is 2. The quantitative estimate of drug-likeness (QED) is 0.683. The van der Waals surface area contributed by atoms with Crippen LogP contribution in [-0.2, 0) is 17.8 Å². The van der Waals surface area contributed by atoms with Crippen molar-refractivity contribution in [1.29, 1.82) is 0 Å². The highest BCUT2D eigenvalue weighted by molar-refractivity contribution is 5.82. The Kier molecular flexibility index (Phi) is 5.26. The fourth-order valence-electron chi connectivity index (χ4n) is 2.49. The molecule has 134 valence electrons. The lowest BCUT2D eigenvalue weighted by Gasteiger charge is -2.09. The van der Waals surface area contributed by atoms with Gasteiger partial charge in [-0.15, -0.1) is 0 Å². The van der Waals surface area contributed by atoms with Gasteiger partial charge in [0.05, 0.1) is 24.1 Å². The van der Waals surface area contributed by atoms with Gasteiger partial charge in [0.25, 0.3) is 5.91 Å². The molecule has 0 atom stereocenters. The van der Waals surface area contributed by atoms with Crippen LogP contribution in [0, 0.1) is 6.92 Å². The van der Waals surface area contributed by atoms with Crippen LogP contribution in [0.2, 0.25) is 0 Å². The number of aromatic nitrogens is 2. The van der Waals surface area contributed by atoms with Crippen molar-refractivity contribution in [3.63, 3.8) is 0 Å². The molecule has 2 heterocycles. The fraction of sp³-hybridized carbons (Fsp3) is 0.263. The summed E-state index contributed by atoms with van der Waals surface area (Å²) >= 11 is 0. The lowest BCUT2D eigenvalue weighted by atomic mass is 10.1. The van der Waals surface area contributed by atoms with Crippen LogP contribution >= 0.6 is 0 Å². The molecule has 0 radical (unpaired) electrons. The van der Waals surface area contributed by atoms with Crippen molar-refractivity contribution in [1.82, 2.24) is 15.3 Å². The summed E-state index contributed by atoms with van der Waals surface area (Å²) < 4.78 is 10.7. The molecule has 0 fully saturated rings. The van der Waals surface area contributed by atoms with Gasteiger partial charge in [-0.2, -0.15) is 0 Å². The smallest absolute Gasteiger partial charge is 0.336 e. The number of ether oxygens (including phenoxy) is 1. The van der Waals surface area contributed by atoms with Gasteiger partial charge < -0.3 is 14.5 Å². The first kappa shape index (κ1) is 17.6. The van der Waals surface area contributed by atoms with Crippen LogP contribution < -0.4 is 15.7 Å². The average molecular weight is 353 g/mol. The number of carbonyl (C=O) groups excluding carboxylic acids is 1. The second-order valence-corrected chi connectivity index (χ2v) is 5.82. The number of fused-ring (bicyclic) bond motifs is 1. The highest BCUT2D eigenvalue weighted by Gasteiger charge is 2.08. The summed E-state index contributed by atoms with van der Waals surface area (Å²) in [6.45, 7) is 3.95. The Morgan fingerprint density at radius 3 is 2.81 bits per heavy atom. The molecular weight excluding hydrogens is 334 g/mol. The molecule has 3 aromatic rings. The summed E-state index contributed by atoms with van der Waals surface area (Å²) in [4.78, 5) is 31.8. The summed E-state index contributed by atoms with van der Waals surface area (Å²) in [5.74, 6) is 0.176. The molecule has 0 saturated carbocycles. The summed E-state index contributed by atoms with van der Waals surface area (Å²) in [7, 11) is 0. The van der Waals surface area contributed by atoms with Gasteiger partial charge in [0.1, 0.15) is 11.3 Å². The van der Waals surface area contributed by atoms with Crippen molar-refractivity contribution in [3.05, 3.63) is 64.0 Å². The van der Waals surface area contributed by atoms with Gasteiger partial charge in [-0.05, 0) is 31.0 Å². The second kappa shape index (κ2) is 7.77. The lowest BCUT2D eigenvalue weighted by Crippen LogP contribution is -2.28. The number of hydrogen-bond acceptors (Lipinski definition) is 6. The van der Waals surface area contributed by atoms with Crippen molar-refractivity contribution in [2.75, 3.05) is 6.61 Å². The van der Waals surface area contributed by atoms with Gasteiger partial charge in [0.15, 0.2) is 6.61 Å². The van der Waals surface area contributed by atoms with Crippen LogP contribution in [0.3, 0.4) is 0 Å². The topological polar surface area (TPSA) is 94.3 Å². The van der Waals surface area contributed by atoms with Gasteiger partial charge in [0.2, 0.25) is 0 Å². The second-order valence-electron chi connectivity index (χ2n) is 5.82. The number of hydrogen-bond donors (Lipinski definition) is 1. The van der Waals surface area contributed by atoms with E-state index >= 15 is 0 Å². The van der Waals surface area contributed by atoms with E-state index in [-0.39, 0.29) is 19.1 Å². The maximum atomic E-state index is 11.9. The van der Waals surface area contributed by atoms with Crippen LogP contribution in [0.5, 0.6) is 5.75 Å². The minimum absolute atomic E-state index is 0.150. The summed E-state index contributed by atoms with van der Waals surface area (Å²) in [6, 6.07) is 6.69. The zero-order valence-corrected chi connectivity index (χ0v) is 14.6. The van der Waals surface area contributed by atoms with E-state index in [0.717, 1.165) is 23.1 Å². The number of amides is 1. The Labute approximate surface area is 150 Å². The summed E-state index contributed by atoms with van der Waals surface area (Å²) in [6.07, 6.45) is 3.99. The molecule has 1 amide bonds. The maximum Gasteiger partial charge on any atom is 0.336 e. The molecule has 3 rings (SSSR count). The van der Waals surface area contributed by atoms with E-state index in [1.54, 1.807) is 24.5 Å². The van der Waals surface area contributed by atoms with E-state index in [9.17, 15) is 9.59 Å².